The zero-order valence-corrected chi connectivity index (χ0v) is 16.9. The van der Waals surface area contributed by atoms with E-state index in [0.29, 0.717) is 18.3 Å². The molecule has 0 aromatic heterocycles. The predicted octanol–water partition coefficient (Wildman–Crippen LogP) is 2.93. The number of aliphatic hydroxyl groups excluding tert-OH is 1. The molecule has 1 N–H and O–H groups in total. The number of hydrogen-bond donors (Lipinski definition) is 1. The van der Waals surface area contributed by atoms with Crippen molar-refractivity contribution in [1.29, 1.82) is 0 Å². The Labute approximate surface area is 158 Å². The first-order valence-corrected chi connectivity index (χ1v) is 9.45. The fourth-order valence-electron chi connectivity index (χ4n) is 2.93. The molecule has 1 atom stereocenters. The van der Waals surface area contributed by atoms with Gasteiger partial charge in [-0.2, -0.15) is 0 Å². The van der Waals surface area contributed by atoms with Crippen LogP contribution in [0.25, 0.3) is 0 Å². The summed E-state index contributed by atoms with van der Waals surface area (Å²) in [6.07, 6.45) is 2.91. The van der Waals surface area contributed by atoms with Crippen LogP contribution in [0.2, 0.25) is 0 Å². The van der Waals surface area contributed by atoms with Gasteiger partial charge in [0.2, 0.25) is 0 Å². The van der Waals surface area contributed by atoms with Crippen molar-refractivity contribution in [2.75, 3.05) is 40.4 Å². The summed E-state index contributed by atoms with van der Waals surface area (Å²) in [5.74, 6) is 1.40. The van der Waals surface area contributed by atoms with Gasteiger partial charge in [-0.25, -0.2) is 0 Å². The standard InChI is InChI=1S/C21H34N2O3/c1-16(2)22(4)14-19(24)15-26-20-7-6-18(12-21(20)25-5)13-23-10-8-17(3)9-11-23/h6-8,12,16,19,24H,9-11,13-15H2,1-5H3. The van der Waals surface area contributed by atoms with Gasteiger partial charge in [0.15, 0.2) is 11.5 Å². The molecule has 0 amide bonds. The van der Waals surface area contributed by atoms with Crippen molar-refractivity contribution in [3.8, 4) is 11.5 Å². The van der Waals surface area contributed by atoms with E-state index in [1.807, 2.05) is 19.2 Å². The van der Waals surface area contributed by atoms with E-state index < -0.39 is 6.10 Å². The van der Waals surface area contributed by atoms with Crippen LogP contribution in [-0.2, 0) is 6.54 Å². The maximum atomic E-state index is 10.2. The van der Waals surface area contributed by atoms with Crippen LogP contribution in [0.4, 0.5) is 0 Å². The van der Waals surface area contributed by atoms with Gasteiger partial charge in [0.1, 0.15) is 12.7 Å². The maximum Gasteiger partial charge on any atom is 0.161 e. The van der Waals surface area contributed by atoms with Crippen molar-refractivity contribution in [2.45, 2.75) is 45.9 Å². The number of methoxy groups -OCH3 is 1. The molecule has 1 unspecified atom stereocenters. The lowest BCUT2D eigenvalue weighted by molar-refractivity contribution is 0.0668. The van der Waals surface area contributed by atoms with Crippen LogP contribution in [-0.4, -0.2) is 67.5 Å². The molecule has 1 aromatic rings. The highest BCUT2D eigenvalue weighted by molar-refractivity contribution is 5.43. The topological polar surface area (TPSA) is 45.2 Å². The van der Waals surface area contributed by atoms with Crippen molar-refractivity contribution in [3.05, 3.63) is 35.4 Å². The maximum absolute atomic E-state index is 10.2. The summed E-state index contributed by atoms with van der Waals surface area (Å²) in [7, 11) is 3.66. The third-order valence-corrected chi connectivity index (χ3v) is 4.97. The number of nitrogens with zero attached hydrogens (tertiary/aromatic N) is 2. The van der Waals surface area contributed by atoms with E-state index in [-0.39, 0.29) is 6.61 Å². The Morgan fingerprint density at radius 1 is 1.27 bits per heavy atom. The second-order valence-electron chi connectivity index (χ2n) is 7.52. The number of aliphatic hydroxyl groups is 1. The van der Waals surface area contributed by atoms with Crippen LogP contribution in [0.5, 0.6) is 11.5 Å². The first kappa shape index (κ1) is 20.7. The van der Waals surface area contributed by atoms with E-state index in [9.17, 15) is 5.11 Å². The second-order valence-corrected chi connectivity index (χ2v) is 7.52. The van der Waals surface area contributed by atoms with Crippen LogP contribution in [0.15, 0.2) is 29.8 Å². The van der Waals surface area contributed by atoms with E-state index in [0.717, 1.165) is 31.8 Å². The van der Waals surface area contributed by atoms with Crippen LogP contribution in [0.1, 0.15) is 32.8 Å². The zero-order chi connectivity index (χ0) is 19.1. The third-order valence-electron chi connectivity index (χ3n) is 4.97. The number of rotatable bonds is 9. The Hall–Kier alpha value is -1.56. The summed E-state index contributed by atoms with van der Waals surface area (Å²) in [5.41, 5.74) is 2.69. The van der Waals surface area contributed by atoms with Crippen molar-refractivity contribution >= 4 is 0 Å². The lowest BCUT2D eigenvalue weighted by atomic mass is 10.1. The number of benzene rings is 1. The van der Waals surface area contributed by atoms with Gasteiger partial charge >= 0.3 is 0 Å². The highest BCUT2D eigenvalue weighted by atomic mass is 16.5. The van der Waals surface area contributed by atoms with E-state index >= 15 is 0 Å². The quantitative estimate of drug-likeness (QED) is 0.685. The van der Waals surface area contributed by atoms with Crippen LogP contribution in [0.3, 0.4) is 0 Å². The summed E-state index contributed by atoms with van der Waals surface area (Å²) < 4.78 is 11.3. The van der Waals surface area contributed by atoms with Crippen molar-refractivity contribution in [1.82, 2.24) is 9.80 Å². The average molecular weight is 363 g/mol. The minimum absolute atomic E-state index is 0.253. The van der Waals surface area contributed by atoms with Crippen LogP contribution in [0, 0.1) is 0 Å². The molecule has 0 saturated heterocycles. The Kier molecular flexibility index (Phi) is 7.94. The van der Waals surface area contributed by atoms with Crippen molar-refractivity contribution in [2.24, 2.45) is 0 Å². The van der Waals surface area contributed by atoms with Gasteiger partial charge in [0, 0.05) is 32.2 Å². The summed E-state index contributed by atoms with van der Waals surface area (Å²) in [6.45, 7) is 10.2. The molecule has 0 spiro atoms. The zero-order valence-electron chi connectivity index (χ0n) is 16.9. The normalized spacial score (nSPS) is 16.7. The minimum Gasteiger partial charge on any atom is -0.493 e. The molecule has 2 rings (SSSR count). The van der Waals surface area contributed by atoms with E-state index in [4.69, 9.17) is 9.47 Å². The molecule has 0 radical (unpaired) electrons. The number of ether oxygens (including phenoxy) is 2. The molecular formula is C21H34N2O3. The van der Waals surface area contributed by atoms with Gasteiger partial charge in [-0.15, -0.1) is 0 Å². The number of likely N-dealkylation sites (N-methyl/N-ethyl adjacent to an activating group) is 1. The Morgan fingerprint density at radius 2 is 2.04 bits per heavy atom. The molecule has 1 heterocycles. The van der Waals surface area contributed by atoms with E-state index in [1.165, 1.54) is 11.1 Å². The Morgan fingerprint density at radius 3 is 2.65 bits per heavy atom. The monoisotopic (exact) mass is 362 g/mol. The highest BCUT2D eigenvalue weighted by Crippen LogP contribution is 2.29. The Bertz CT molecular complexity index is 601. The lowest BCUT2D eigenvalue weighted by Crippen LogP contribution is -2.37. The third kappa shape index (κ3) is 6.31. The van der Waals surface area contributed by atoms with Gasteiger partial charge in [0.25, 0.3) is 0 Å². The summed E-state index contributed by atoms with van der Waals surface area (Å²) in [6, 6.07) is 6.45. The summed E-state index contributed by atoms with van der Waals surface area (Å²) >= 11 is 0. The molecule has 0 bridgehead atoms. The SMILES string of the molecule is COc1cc(CN2CC=C(C)CC2)ccc1OCC(O)CN(C)C(C)C. The van der Waals surface area contributed by atoms with E-state index in [2.05, 4.69) is 42.7 Å². The molecule has 26 heavy (non-hydrogen) atoms. The lowest BCUT2D eigenvalue weighted by Gasteiger charge is -2.26. The number of hydrogen-bond acceptors (Lipinski definition) is 5. The first-order valence-electron chi connectivity index (χ1n) is 9.45. The van der Waals surface area contributed by atoms with Gasteiger partial charge in [-0.1, -0.05) is 17.7 Å². The first-order chi connectivity index (χ1) is 12.4. The molecule has 1 aliphatic rings. The minimum atomic E-state index is -0.532. The molecular weight excluding hydrogens is 328 g/mol. The van der Waals surface area contributed by atoms with Crippen molar-refractivity contribution < 1.29 is 14.6 Å². The Balaban J connectivity index is 1.91. The van der Waals surface area contributed by atoms with Gasteiger partial charge < -0.3 is 19.5 Å². The van der Waals surface area contributed by atoms with Crippen LogP contribution < -0.4 is 9.47 Å². The van der Waals surface area contributed by atoms with Crippen molar-refractivity contribution in [3.63, 3.8) is 0 Å². The molecule has 1 aliphatic heterocycles. The fourth-order valence-corrected chi connectivity index (χ4v) is 2.93. The largest absolute Gasteiger partial charge is 0.493 e. The molecule has 0 saturated carbocycles. The fraction of sp³-hybridized carbons (Fsp3) is 0.619. The highest BCUT2D eigenvalue weighted by Gasteiger charge is 2.15. The molecule has 5 nitrogen and oxygen atoms in total. The molecule has 1 aromatic carbocycles. The van der Waals surface area contributed by atoms with Gasteiger partial charge in [-0.05, 0) is 51.9 Å². The second kappa shape index (κ2) is 9.95. The smallest absolute Gasteiger partial charge is 0.161 e. The molecule has 0 fully saturated rings. The molecule has 146 valence electrons. The molecule has 5 heteroatoms. The van der Waals surface area contributed by atoms with Gasteiger partial charge in [0.05, 0.1) is 7.11 Å². The summed E-state index contributed by atoms with van der Waals surface area (Å²) in [5, 5.41) is 10.2. The molecule has 0 aliphatic carbocycles. The van der Waals surface area contributed by atoms with Gasteiger partial charge in [-0.3, -0.25) is 4.90 Å². The summed E-state index contributed by atoms with van der Waals surface area (Å²) in [4.78, 5) is 4.52. The van der Waals surface area contributed by atoms with Crippen LogP contribution >= 0.6 is 0 Å². The predicted molar refractivity (Wildman–Crippen MR) is 106 cm³/mol. The average Bonchev–Trinajstić information content (AvgIpc) is 2.62. The van der Waals surface area contributed by atoms with E-state index in [1.54, 1.807) is 7.11 Å².